The molecule has 0 heterocycles. The van der Waals surface area contributed by atoms with Crippen LogP contribution in [-0.2, 0) is 4.79 Å². The van der Waals surface area contributed by atoms with Gasteiger partial charge in [0.05, 0.1) is 10.6 Å². The van der Waals surface area contributed by atoms with E-state index in [1.54, 1.807) is 38.4 Å². The third-order valence-electron chi connectivity index (χ3n) is 3.91. The average Bonchev–Trinajstić information content (AvgIpc) is 2.59. The fourth-order valence-electron chi connectivity index (χ4n) is 2.48. The molecule has 0 aliphatic rings. The first-order valence-electron chi connectivity index (χ1n) is 8.19. The number of hydrogen-bond acceptors (Lipinski definition) is 3. The molecule has 0 bridgehead atoms. The zero-order valence-electron chi connectivity index (χ0n) is 15.0. The molecule has 0 unspecified atom stereocenters. The third kappa shape index (κ3) is 4.92. The van der Waals surface area contributed by atoms with Crippen LogP contribution >= 0.6 is 11.6 Å². The van der Waals surface area contributed by atoms with Gasteiger partial charge in [-0.3, -0.25) is 14.4 Å². The Morgan fingerprint density at radius 2 is 1.69 bits per heavy atom. The van der Waals surface area contributed by atoms with Gasteiger partial charge in [-0.1, -0.05) is 35.9 Å². The summed E-state index contributed by atoms with van der Waals surface area (Å²) in [5, 5.41) is 2.96. The molecule has 0 fully saturated rings. The highest BCUT2D eigenvalue weighted by Gasteiger charge is 2.14. The number of Topliss-reactive ketones (excluding diaryl/α,β-unsaturated/α-hetero) is 1. The average molecular weight is 373 g/mol. The highest BCUT2D eigenvalue weighted by molar-refractivity contribution is 6.34. The molecule has 0 spiro atoms. The second-order valence-electron chi connectivity index (χ2n) is 6.18. The van der Waals surface area contributed by atoms with Gasteiger partial charge in [0.1, 0.15) is 0 Å². The molecule has 6 heteroatoms. The maximum Gasteiger partial charge on any atom is 0.254 e. The van der Waals surface area contributed by atoms with Crippen molar-refractivity contribution in [2.24, 2.45) is 0 Å². The first kappa shape index (κ1) is 19.7. The number of ketones is 1. The molecule has 0 aliphatic carbocycles. The van der Waals surface area contributed by atoms with E-state index >= 15 is 0 Å². The normalized spacial score (nSPS) is 10.3. The zero-order valence-corrected chi connectivity index (χ0v) is 15.8. The van der Waals surface area contributed by atoms with Crippen molar-refractivity contribution in [3.63, 3.8) is 0 Å². The zero-order chi connectivity index (χ0) is 19.3. The van der Waals surface area contributed by atoms with E-state index in [9.17, 15) is 14.4 Å². The fraction of sp³-hybridized carbons (Fsp3) is 0.250. The van der Waals surface area contributed by atoms with Crippen LogP contribution in [0.3, 0.4) is 0 Å². The summed E-state index contributed by atoms with van der Waals surface area (Å²) in [6, 6.07) is 12.0. The molecule has 0 aliphatic heterocycles. The van der Waals surface area contributed by atoms with Crippen LogP contribution in [0, 0.1) is 6.92 Å². The summed E-state index contributed by atoms with van der Waals surface area (Å²) >= 11 is 6.12. The Hall–Kier alpha value is -2.66. The van der Waals surface area contributed by atoms with Gasteiger partial charge in [-0.15, -0.1) is 0 Å². The number of hydrogen-bond donors (Lipinski definition) is 1. The van der Waals surface area contributed by atoms with Crippen molar-refractivity contribution in [1.29, 1.82) is 0 Å². The second-order valence-corrected chi connectivity index (χ2v) is 6.59. The van der Waals surface area contributed by atoms with E-state index < -0.39 is 0 Å². The van der Waals surface area contributed by atoms with Crippen molar-refractivity contribution < 1.29 is 14.4 Å². The molecule has 26 heavy (non-hydrogen) atoms. The molecule has 1 N–H and O–H groups in total. The molecule has 2 rings (SSSR count). The van der Waals surface area contributed by atoms with E-state index in [1.165, 1.54) is 11.0 Å². The van der Waals surface area contributed by atoms with Crippen LogP contribution in [0.1, 0.15) is 39.1 Å². The van der Waals surface area contributed by atoms with E-state index in [0.717, 1.165) is 5.56 Å². The van der Waals surface area contributed by atoms with E-state index in [2.05, 4.69) is 5.32 Å². The quantitative estimate of drug-likeness (QED) is 0.780. The molecular weight excluding hydrogens is 352 g/mol. The number of carbonyl (C=O) groups excluding carboxylic acids is 3. The number of anilines is 1. The largest absolute Gasteiger partial charge is 0.345 e. The minimum absolute atomic E-state index is 0.0665. The van der Waals surface area contributed by atoms with Gasteiger partial charge in [0, 0.05) is 38.2 Å². The van der Waals surface area contributed by atoms with Crippen molar-refractivity contribution >= 4 is 34.9 Å². The molecule has 2 amide bonds. The minimum Gasteiger partial charge on any atom is -0.345 e. The van der Waals surface area contributed by atoms with Crippen LogP contribution < -0.4 is 5.32 Å². The fourth-order valence-corrected chi connectivity index (χ4v) is 2.74. The van der Waals surface area contributed by atoms with Crippen molar-refractivity contribution in [2.45, 2.75) is 19.8 Å². The molecule has 0 atom stereocenters. The topological polar surface area (TPSA) is 66.5 Å². The molecule has 0 radical (unpaired) electrons. The molecule has 0 aromatic heterocycles. The van der Waals surface area contributed by atoms with Gasteiger partial charge in [0.2, 0.25) is 5.91 Å². The van der Waals surface area contributed by atoms with Crippen molar-refractivity contribution in [2.75, 3.05) is 19.4 Å². The first-order chi connectivity index (χ1) is 12.3. The summed E-state index contributed by atoms with van der Waals surface area (Å²) in [5.74, 6) is -0.561. The van der Waals surface area contributed by atoms with E-state index in [0.29, 0.717) is 16.8 Å². The number of benzene rings is 2. The highest BCUT2D eigenvalue weighted by atomic mass is 35.5. The Labute approximate surface area is 158 Å². The van der Waals surface area contributed by atoms with Crippen LogP contribution in [0.4, 0.5) is 5.69 Å². The lowest BCUT2D eigenvalue weighted by atomic mass is 10.0. The Morgan fingerprint density at radius 1 is 1.00 bits per heavy atom. The maximum atomic E-state index is 12.2. The lowest BCUT2D eigenvalue weighted by Gasteiger charge is -2.13. The summed E-state index contributed by atoms with van der Waals surface area (Å²) in [6.07, 6.45) is 0.199. The van der Waals surface area contributed by atoms with Crippen LogP contribution in [0.15, 0.2) is 42.5 Å². The highest BCUT2D eigenvalue weighted by Crippen LogP contribution is 2.22. The van der Waals surface area contributed by atoms with Gasteiger partial charge in [0.15, 0.2) is 5.78 Å². The Kier molecular flexibility index (Phi) is 6.52. The molecule has 0 saturated heterocycles. The second kappa shape index (κ2) is 8.63. The van der Waals surface area contributed by atoms with Crippen LogP contribution in [-0.4, -0.2) is 36.6 Å². The van der Waals surface area contributed by atoms with Crippen LogP contribution in [0.2, 0.25) is 5.02 Å². The molecule has 0 saturated carbocycles. The standard InChI is InChI=1S/C20H21ClN2O3/c1-13-6-4-5-7-15(13)18(24)10-11-19(25)22-14-8-9-16(17(21)12-14)20(26)23(2)3/h4-9,12H,10-11H2,1-3H3,(H,22,25). The predicted octanol–water partition coefficient (Wildman–Crippen LogP) is 3.95. The van der Waals surface area contributed by atoms with Gasteiger partial charge in [0.25, 0.3) is 5.91 Å². The maximum absolute atomic E-state index is 12.2. The Bertz CT molecular complexity index is 847. The smallest absolute Gasteiger partial charge is 0.254 e. The number of carbonyl (C=O) groups is 3. The summed E-state index contributed by atoms with van der Waals surface area (Å²) in [5.41, 5.74) is 2.38. The molecule has 136 valence electrons. The van der Waals surface area contributed by atoms with Gasteiger partial charge in [-0.25, -0.2) is 0 Å². The molecular formula is C20H21ClN2O3. The number of rotatable bonds is 6. The van der Waals surface area contributed by atoms with Gasteiger partial charge < -0.3 is 10.2 Å². The number of aryl methyl sites for hydroxylation is 1. The summed E-state index contributed by atoms with van der Waals surface area (Å²) in [6.45, 7) is 1.87. The molecule has 2 aromatic carbocycles. The minimum atomic E-state index is -0.283. The molecule has 2 aromatic rings. The van der Waals surface area contributed by atoms with E-state index in [1.807, 2.05) is 19.1 Å². The van der Waals surface area contributed by atoms with Crippen molar-refractivity contribution in [1.82, 2.24) is 4.90 Å². The number of halogens is 1. The van der Waals surface area contributed by atoms with Gasteiger partial charge in [-0.2, -0.15) is 0 Å². The summed E-state index contributed by atoms with van der Waals surface area (Å²) in [7, 11) is 3.28. The molecule has 5 nitrogen and oxygen atoms in total. The van der Waals surface area contributed by atoms with E-state index in [4.69, 9.17) is 11.6 Å². The van der Waals surface area contributed by atoms with Crippen molar-refractivity contribution in [3.05, 3.63) is 64.2 Å². The predicted molar refractivity (Wildman–Crippen MR) is 103 cm³/mol. The van der Waals surface area contributed by atoms with E-state index in [-0.39, 0.29) is 35.5 Å². The van der Waals surface area contributed by atoms with Crippen LogP contribution in [0.25, 0.3) is 0 Å². The monoisotopic (exact) mass is 372 g/mol. The lowest BCUT2D eigenvalue weighted by Crippen LogP contribution is -2.22. The summed E-state index contributed by atoms with van der Waals surface area (Å²) in [4.78, 5) is 37.7. The lowest BCUT2D eigenvalue weighted by molar-refractivity contribution is -0.116. The number of nitrogens with one attached hydrogen (secondary N) is 1. The first-order valence-corrected chi connectivity index (χ1v) is 8.57. The van der Waals surface area contributed by atoms with Crippen LogP contribution in [0.5, 0.6) is 0 Å². The SMILES string of the molecule is Cc1ccccc1C(=O)CCC(=O)Nc1ccc(C(=O)N(C)C)c(Cl)c1. The van der Waals surface area contributed by atoms with Gasteiger partial charge >= 0.3 is 0 Å². The summed E-state index contributed by atoms with van der Waals surface area (Å²) < 4.78 is 0. The number of nitrogens with zero attached hydrogens (tertiary/aromatic N) is 1. The third-order valence-corrected chi connectivity index (χ3v) is 4.23. The Balaban J connectivity index is 1.96. The van der Waals surface area contributed by atoms with Crippen molar-refractivity contribution in [3.8, 4) is 0 Å². The van der Waals surface area contributed by atoms with Gasteiger partial charge in [-0.05, 0) is 30.7 Å². The number of amides is 2. The Morgan fingerprint density at radius 3 is 2.31 bits per heavy atom.